The fourth-order valence-electron chi connectivity index (χ4n) is 1.78. The maximum Gasteiger partial charge on any atom is 0.267 e. The highest BCUT2D eigenvalue weighted by Crippen LogP contribution is 2.12. The molecule has 0 saturated carbocycles. The Morgan fingerprint density at radius 3 is 2.63 bits per heavy atom. The number of amides is 1. The van der Waals surface area contributed by atoms with Crippen LogP contribution < -0.4 is 15.4 Å². The van der Waals surface area contributed by atoms with Gasteiger partial charge in [0.25, 0.3) is 5.91 Å². The summed E-state index contributed by atoms with van der Waals surface area (Å²) < 4.78 is 5.02. The van der Waals surface area contributed by atoms with E-state index < -0.39 is 0 Å². The minimum atomic E-state index is -0.249. The summed E-state index contributed by atoms with van der Waals surface area (Å²) in [5.41, 5.74) is 0.820. The molecule has 0 bridgehead atoms. The van der Waals surface area contributed by atoms with Crippen LogP contribution in [0.3, 0.4) is 0 Å². The van der Waals surface area contributed by atoms with E-state index in [-0.39, 0.29) is 17.7 Å². The molecule has 1 heterocycles. The first-order chi connectivity index (χ1) is 9.10. The van der Waals surface area contributed by atoms with E-state index in [1.165, 1.54) is 6.08 Å². The smallest absolute Gasteiger partial charge is 0.267 e. The van der Waals surface area contributed by atoms with Gasteiger partial charge in [-0.1, -0.05) is 0 Å². The number of hydrogen-bond acceptors (Lipinski definition) is 4. The van der Waals surface area contributed by atoms with E-state index >= 15 is 0 Å². The van der Waals surface area contributed by atoms with Crippen LogP contribution in [0.25, 0.3) is 0 Å². The summed E-state index contributed by atoms with van der Waals surface area (Å²) in [6.45, 7) is 2.51. The molecule has 1 fully saturated rings. The lowest BCUT2D eigenvalue weighted by molar-refractivity contribution is -0.119. The molecule has 0 aliphatic carbocycles. The van der Waals surface area contributed by atoms with Crippen LogP contribution in [0.15, 0.2) is 36.0 Å². The van der Waals surface area contributed by atoms with Crippen LogP contribution in [-0.2, 0) is 4.79 Å². The maximum absolute atomic E-state index is 12.0. The van der Waals surface area contributed by atoms with Crippen LogP contribution in [0.2, 0.25) is 0 Å². The number of methoxy groups -OCH3 is 1. The van der Waals surface area contributed by atoms with E-state index in [9.17, 15) is 9.59 Å². The van der Waals surface area contributed by atoms with E-state index in [1.54, 1.807) is 31.4 Å². The second-order valence-corrected chi connectivity index (χ2v) is 4.41. The first kappa shape index (κ1) is 13.1. The fourth-order valence-corrected chi connectivity index (χ4v) is 1.78. The lowest BCUT2D eigenvalue weighted by atomic mass is 10.1. The molecule has 2 N–H and O–H groups in total. The molecule has 0 aromatic heterocycles. The van der Waals surface area contributed by atoms with Gasteiger partial charge in [-0.2, -0.15) is 0 Å². The summed E-state index contributed by atoms with van der Waals surface area (Å²) >= 11 is 0. The summed E-state index contributed by atoms with van der Waals surface area (Å²) in [7, 11) is 1.57. The van der Waals surface area contributed by atoms with Crippen LogP contribution in [0.1, 0.15) is 17.3 Å². The van der Waals surface area contributed by atoms with Gasteiger partial charge in [0.15, 0.2) is 5.78 Å². The number of rotatable bonds is 3. The molecule has 2 rings (SSSR count). The third-order valence-corrected chi connectivity index (χ3v) is 2.87. The zero-order valence-electron chi connectivity index (χ0n) is 10.9. The third kappa shape index (κ3) is 3.13. The molecule has 5 nitrogen and oxygen atoms in total. The summed E-state index contributed by atoms with van der Waals surface area (Å²) in [4.78, 5) is 23.7. The van der Waals surface area contributed by atoms with Crippen molar-refractivity contribution in [1.82, 2.24) is 10.6 Å². The van der Waals surface area contributed by atoms with Crippen molar-refractivity contribution in [1.29, 1.82) is 0 Å². The molecule has 19 heavy (non-hydrogen) atoms. The molecule has 1 aliphatic heterocycles. The van der Waals surface area contributed by atoms with Crippen molar-refractivity contribution >= 4 is 11.7 Å². The molecule has 1 aromatic carbocycles. The van der Waals surface area contributed by atoms with Gasteiger partial charge in [0.1, 0.15) is 11.4 Å². The Bertz CT molecular complexity index is 520. The number of ether oxygens (including phenoxy) is 1. The standard InChI is InChI=1S/C14H16N2O3/c1-9-8-15-12(14(18)16-9)7-13(17)10-3-5-11(19-2)6-4-10/h3-7,9,15H,8H2,1-2H3,(H,16,18)/b12-7+/t9-/m1/s1. The molecule has 0 radical (unpaired) electrons. The largest absolute Gasteiger partial charge is 0.497 e. The van der Waals surface area contributed by atoms with Crippen LogP contribution in [0.4, 0.5) is 0 Å². The Kier molecular flexibility index (Phi) is 3.85. The number of piperazine rings is 1. The number of carbonyl (C=O) groups excluding carboxylic acids is 2. The van der Waals surface area contributed by atoms with Gasteiger partial charge in [0.2, 0.25) is 0 Å². The van der Waals surface area contributed by atoms with Gasteiger partial charge in [-0.15, -0.1) is 0 Å². The molecular formula is C14H16N2O3. The van der Waals surface area contributed by atoms with Gasteiger partial charge >= 0.3 is 0 Å². The van der Waals surface area contributed by atoms with Crippen molar-refractivity contribution in [3.63, 3.8) is 0 Å². The molecule has 1 atom stereocenters. The Balaban J connectivity index is 2.13. The highest BCUT2D eigenvalue weighted by molar-refractivity contribution is 6.09. The highest BCUT2D eigenvalue weighted by Gasteiger charge is 2.19. The van der Waals surface area contributed by atoms with E-state index in [2.05, 4.69) is 10.6 Å². The van der Waals surface area contributed by atoms with Gasteiger partial charge in [-0.05, 0) is 31.2 Å². The van der Waals surface area contributed by atoms with Crippen LogP contribution in [0, 0.1) is 0 Å². The van der Waals surface area contributed by atoms with E-state index in [0.29, 0.717) is 23.6 Å². The van der Waals surface area contributed by atoms with Crippen LogP contribution in [0.5, 0.6) is 5.75 Å². The lowest BCUT2D eigenvalue weighted by Crippen LogP contribution is -2.49. The molecule has 1 aromatic rings. The molecule has 100 valence electrons. The second kappa shape index (κ2) is 5.56. The molecule has 0 unspecified atom stereocenters. The predicted octanol–water partition coefficient (Wildman–Crippen LogP) is 0.870. The molecule has 1 amide bonds. The van der Waals surface area contributed by atoms with Crippen molar-refractivity contribution in [2.75, 3.05) is 13.7 Å². The molecule has 5 heteroatoms. The number of benzene rings is 1. The van der Waals surface area contributed by atoms with Crippen molar-refractivity contribution in [2.45, 2.75) is 13.0 Å². The molecule has 0 spiro atoms. The number of hydrogen-bond donors (Lipinski definition) is 2. The Hall–Kier alpha value is -2.30. The SMILES string of the molecule is COc1ccc(C(=O)/C=C2/NC[C@@H](C)NC2=O)cc1. The van der Waals surface area contributed by atoms with Gasteiger partial charge < -0.3 is 15.4 Å². The topological polar surface area (TPSA) is 67.4 Å². The van der Waals surface area contributed by atoms with Crippen LogP contribution in [-0.4, -0.2) is 31.4 Å². The van der Waals surface area contributed by atoms with Gasteiger partial charge in [0.05, 0.1) is 7.11 Å². The normalized spacial score (nSPS) is 20.6. The van der Waals surface area contributed by atoms with E-state index in [0.717, 1.165) is 0 Å². The van der Waals surface area contributed by atoms with Gasteiger partial charge in [0, 0.05) is 24.2 Å². The van der Waals surface area contributed by atoms with Crippen molar-refractivity contribution in [3.05, 3.63) is 41.6 Å². The Morgan fingerprint density at radius 1 is 1.37 bits per heavy atom. The first-order valence-corrected chi connectivity index (χ1v) is 6.05. The Morgan fingerprint density at radius 2 is 2.05 bits per heavy atom. The minimum absolute atomic E-state index is 0.0701. The summed E-state index contributed by atoms with van der Waals surface area (Å²) in [5, 5.41) is 5.71. The second-order valence-electron chi connectivity index (χ2n) is 4.41. The number of ketones is 1. The molecular weight excluding hydrogens is 244 g/mol. The van der Waals surface area contributed by atoms with Crippen molar-refractivity contribution in [2.24, 2.45) is 0 Å². The minimum Gasteiger partial charge on any atom is -0.497 e. The van der Waals surface area contributed by atoms with Crippen molar-refractivity contribution < 1.29 is 14.3 Å². The number of allylic oxidation sites excluding steroid dienone is 1. The average Bonchev–Trinajstić information content (AvgIpc) is 2.42. The number of nitrogens with one attached hydrogen (secondary N) is 2. The molecule has 1 aliphatic rings. The predicted molar refractivity (Wildman–Crippen MR) is 71.0 cm³/mol. The quantitative estimate of drug-likeness (QED) is 0.625. The van der Waals surface area contributed by atoms with Crippen molar-refractivity contribution in [3.8, 4) is 5.75 Å². The maximum atomic E-state index is 12.0. The van der Waals surface area contributed by atoms with Crippen LogP contribution >= 0.6 is 0 Å². The fraction of sp³-hybridized carbons (Fsp3) is 0.286. The summed E-state index contributed by atoms with van der Waals surface area (Å²) in [6, 6.07) is 6.83. The van der Waals surface area contributed by atoms with Gasteiger partial charge in [-0.25, -0.2) is 0 Å². The van der Waals surface area contributed by atoms with Gasteiger partial charge in [-0.3, -0.25) is 9.59 Å². The Labute approximate surface area is 111 Å². The zero-order valence-corrected chi connectivity index (χ0v) is 10.9. The number of carbonyl (C=O) groups is 2. The summed E-state index contributed by atoms with van der Waals surface area (Å²) in [6.07, 6.45) is 1.32. The van der Waals surface area contributed by atoms with E-state index in [1.807, 2.05) is 6.92 Å². The van der Waals surface area contributed by atoms with E-state index in [4.69, 9.17) is 4.74 Å². The summed E-state index contributed by atoms with van der Waals surface area (Å²) in [5.74, 6) is 0.224. The molecule has 1 saturated heterocycles. The highest BCUT2D eigenvalue weighted by atomic mass is 16.5. The monoisotopic (exact) mass is 260 g/mol. The third-order valence-electron chi connectivity index (χ3n) is 2.87. The average molecular weight is 260 g/mol. The lowest BCUT2D eigenvalue weighted by Gasteiger charge is -2.23. The first-order valence-electron chi connectivity index (χ1n) is 6.05. The zero-order chi connectivity index (χ0) is 13.8.